The van der Waals surface area contributed by atoms with Crippen LogP contribution in [-0.2, 0) is 0 Å². The molecule has 0 fully saturated rings. The summed E-state index contributed by atoms with van der Waals surface area (Å²) in [5, 5.41) is 14.0. The molecule has 4 aromatic rings. The van der Waals surface area contributed by atoms with Crippen molar-refractivity contribution in [3.63, 3.8) is 0 Å². The second-order valence-electron chi connectivity index (χ2n) is 7.22. The lowest BCUT2D eigenvalue weighted by molar-refractivity contribution is 0.0902. The third-order valence-corrected chi connectivity index (χ3v) is 6.05. The summed E-state index contributed by atoms with van der Waals surface area (Å²) >= 11 is 1.28. The molecule has 1 amide bonds. The standard InChI is InChI=1S/C25H21FN2O5S/c1-32-23-12-15(8-9-22(23)33-11-10-29)25(31)27-13-21(30)20-7-3-6-19(28-20)17-14-34-24-16(17)4-2-5-18(24)26/h2-9,12,14,29H,10-11,13H2,1H3,(H,27,31). The van der Waals surface area contributed by atoms with E-state index in [0.29, 0.717) is 21.9 Å². The largest absolute Gasteiger partial charge is 0.493 e. The van der Waals surface area contributed by atoms with Crippen LogP contribution in [0.15, 0.2) is 60.0 Å². The fourth-order valence-corrected chi connectivity index (χ4v) is 4.37. The number of ether oxygens (including phenoxy) is 2. The number of ketones is 1. The molecule has 0 aliphatic carbocycles. The second kappa shape index (κ2) is 10.4. The predicted molar refractivity (Wildman–Crippen MR) is 127 cm³/mol. The van der Waals surface area contributed by atoms with E-state index in [-0.39, 0.29) is 42.6 Å². The second-order valence-corrected chi connectivity index (χ2v) is 8.10. The Balaban J connectivity index is 1.46. The molecular weight excluding hydrogens is 459 g/mol. The molecule has 34 heavy (non-hydrogen) atoms. The molecule has 0 atom stereocenters. The number of hydrogen-bond donors (Lipinski definition) is 2. The van der Waals surface area contributed by atoms with Crippen LogP contribution in [-0.4, -0.2) is 48.6 Å². The molecule has 2 aromatic heterocycles. The van der Waals surface area contributed by atoms with E-state index in [0.717, 1.165) is 10.9 Å². The van der Waals surface area contributed by atoms with Crippen molar-refractivity contribution in [2.45, 2.75) is 0 Å². The zero-order valence-corrected chi connectivity index (χ0v) is 19.0. The van der Waals surface area contributed by atoms with Gasteiger partial charge in [0.1, 0.15) is 18.1 Å². The summed E-state index contributed by atoms with van der Waals surface area (Å²) in [6, 6.07) is 14.5. The summed E-state index contributed by atoms with van der Waals surface area (Å²) in [4.78, 5) is 29.7. The van der Waals surface area contributed by atoms with Crippen molar-refractivity contribution >= 4 is 33.1 Å². The minimum atomic E-state index is -0.462. The first-order chi connectivity index (χ1) is 16.5. The number of pyridine rings is 1. The molecule has 7 nitrogen and oxygen atoms in total. The summed E-state index contributed by atoms with van der Waals surface area (Å²) in [5.74, 6) is -0.396. The van der Waals surface area contributed by atoms with Gasteiger partial charge >= 0.3 is 0 Å². The number of nitrogens with zero attached hydrogens (tertiary/aromatic N) is 1. The van der Waals surface area contributed by atoms with Crippen LogP contribution in [0.4, 0.5) is 4.39 Å². The number of aliphatic hydroxyl groups is 1. The van der Waals surface area contributed by atoms with E-state index in [2.05, 4.69) is 10.3 Å². The van der Waals surface area contributed by atoms with Gasteiger partial charge in [-0.1, -0.05) is 18.2 Å². The van der Waals surface area contributed by atoms with Gasteiger partial charge in [0.15, 0.2) is 17.3 Å². The summed E-state index contributed by atoms with van der Waals surface area (Å²) in [6.45, 7) is -0.305. The maximum absolute atomic E-state index is 14.0. The predicted octanol–water partition coefficient (Wildman–Crippen LogP) is 4.09. The van der Waals surface area contributed by atoms with Crippen molar-refractivity contribution in [3.05, 3.63) is 77.1 Å². The summed E-state index contributed by atoms with van der Waals surface area (Å²) < 4.78 is 25.2. The molecule has 9 heteroatoms. The van der Waals surface area contributed by atoms with Gasteiger partial charge in [0.2, 0.25) is 0 Å². The number of halogens is 1. The number of benzene rings is 2. The molecule has 2 N–H and O–H groups in total. The molecule has 0 unspecified atom stereocenters. The number of hydrogen-bond acceptors (Lipinski definition) is 7. The lowest BCUT2D eigenvalue weighted by Gasteiger charge is -2.11. The van der Waals surface area contributed by atoms with E-state index in [9.17, 15) is 14.0 Å². The highest BCUT2D eigenvalue weighted by molar-refractivity contribution is 7.17. The number of carbonyl (C=O) groups is 2. The first-order valence-corrected chi connectivity index (χ1v) is 11.3. The molecule has 2 aromatic carbocycles. The number of rotatable bonds is 9. The van der Waals surface area contributed by atoms with Gasteiger partial charge in [0.25, 0.3) is 5.91 Å². The molecule has 174 valence electrons. The van der Waals surface area contributed by atoms with E-state index < -0.39 is 5.91 Å². The highest BCUT2D eigenvalue weighted by Gasteiger charge is 2.16. The summed E-state index contributed by atoms with van der Waals surface area (Å²) in [7, 11) is 1.44. The molecule has 0 bridgehead atoms. The molecule has 4 rings (SSSR count). The molecule has 2 heterocycles. The molecular formula is C25H21FN2O5S. The van der Waals surface area contributed by atoms with Crippen molar-refractivity contribution in [1.29, 1.82) is 0 Å². The Morgan fingerprint density at radius 3 is 2.74 bits per heavy atom. The average molecular weight is 481 g/mol. The normalized spacial score (nSPS) is 10.8. The lowest BCUT2D eigenvalue weighted by atomic mass is 10.1. The van der Waals surface area contributed by atoms with Crippen molar-refractivity contribution in [2.24, 2.45) is 0 Å². The van der Waals surface area contributed by atoms with Crippen molar-refractivity contribution < 1.29 is 28.6 Å². The monoisotopic (exact) mass is 480 g/mol. The number of fused-ring (bicyclic) bond motifs is 1. The van der Waals surface area contributed by atoms with Gasteiger partial charge < -0.3 is 19.9 Å². The fourth-order valence-electron chi connectivity index (χ4n) is 3.40. The number of Topliss-reactive ketones (excluding diaryl/α,β-unsaturated/α-hetero) is 1. The van der Waals surface area contributed by atoms with Gasteiger partial charge in [-0.25, -0.2) is 9.37 Å². The zero-order valence-electron chi connectivity index (χ0n) is 18.2. The fraction of sp³-hybridized carbons (Fsp3) is 0.160. The topological polar surface area (TPSA) is 97.8 Å². The number of thiophene rings is 1. The van der Waals surface area contributed by atoms with Crippen LogP contribution in [0.3, 0.4) is 0 Å². The Labute approximate surface area is 198 Å². The van der Waals surface area contributed by atoms with Crippen LogP contribution in [0.5, 0.6) is 11.5 Å². The highest BCUT2D eigenvalue weighted by atomic mass is 32.1. The van der Waals surface area contributed by atoms with Crippen molar-refractivity contribution in [1.82, 2.24) is 10.3 Å². The van der Waals surface area contributed by atoms with E-state index in [1.165, 1.54) is 36.6 Å². The maximum atomic E-state index is 14.0. The number of aromatic nitrogens is 1. The number of methoxy groups -OCH3 is 1. The molecule has 0 saturated heterocycles. The lowest BCUT2D eigenvalue weighted by Crippen LogP contribution is -2.30. The Hall–Kier alpha value is -3.82. The van der Waals surface area contributed by atoms with Gasteiger partial charge in [-0.2, -0.15) is 0 Å². The van der Waals surface area contributed by atoms with Gasteiger partial charge in [0, 0.05) is 21.9 Å². The summed E-state index contributed by atoms with van der Waals surface area (Å²) in [5.41, 5.74) is 1.78. The molecule has 0 radical (unpaired) electrons. The Morgan fingerprint density at radius 2 is 1.94 bits per heavy atom. The van der Waals surface area contributed by atoms with Crippen LogP contribution < -0.4 is 14.8 Å². The van der Waals surface area contributed by atoms with Crippen molar-refractivity contribution in [2.75, 3.05) is 26.9 Å². The minimum Gasteiger partial charge on any atom is -0.493 e. The Bertz CT molecular complexity index is 1350. The van der Waals surface area contributed by atoms with E-state index in [1.54, 1.807) is 30.3 Å². The van der Waals surface area contributed by atoms with Crippen LogP contribution in [0.25, 0.3) is 21.3 Å². The minimum absolute atomic E-state index is 0.0958. The number of nitrogens with one attached hydrogen (secondary N) is 1. The Morgan fingerprint density at radius 1 is 1.12 bits per heavy atom. The van der Waals surface area contributed by atoms with E-state index in [4.69, 9.17) is 14.6 Å². The molecule has 0 saturated carbocycles. The van der Waals surface area contributed by atoms with Crippen LogP contribution in [0.1, 0.15) is 20.8 Å². The van der Waals surface area contributed by atoms with E-state index in [1.807, 2.05) is 11.4 Å². The molecule has 0 aliphatic heterocycles. The SMILES string of the molecule is COc1cc(C(=O)NCC(=O)c2cccc(-c3csc4c(F)cccc34)n2)ccc1OCCO. The van der Waals surface area contributed by atoms with Gasteiger partial charge in [-0.3, -0.25) is 9.59 Å². The van der Waals surface area contributed by atoms with Gasteiger partial charge in [-0.15, -0.1) is 11.3 Å². The van der Waals surface area contributed by atoms with Crippen LogP contribution >= 0.6 is 11.3 Å². The first kappa shape index (κ1) is 23.3. The smallest absolute Gasteiger partial charge is 0.251 e. The first-order valence-electron chi connectivity index (χ1n) is 10.4. The quantitative estimate of drug-likeness (QED) is 0.350. The summed E-state index contributed by atoms with van der Waals surface area (Å²) in [6.07, 6.45) is 0. The van der Waals surface area contributed by atoms with Gasteiger partial charge in [0.05, 0.1) is 30.7 Å². The third kappa shape index (κ3) is 4.90. The zero-order chi connectivity index (χ0) is 24.1. The van der Waals surface area contributed by atoms with Crippen LogP contribution in [0.2, 0.25) is 0 Å². The number of amides is 1. The van der Waals surface area contributed by atoms with E-state index >= 15 is 0 Å². The molecule has 0 spiro atoms. The number of aliphatic hydroxyl groups excluding tert-OH is 1. The molecule has 0 aliphatic rings. The van der Waals surface area contributed by atoms with Crippen molar-refractivity contribution in [3.8, 4) is 22.8 Å². The van der Waals surface area contributed by atoms with Crippen LogP contribution in [0, 0.1) is 5.82 Å². The average Bonchev–Trinajstić information content (AvgIpc) is 3.31. The third-order valence-electron chi connectivity index (χ3n) is 5.05. The highest BCUT2D eigenvalue weighted by Crippen LogP contribution is 2.34. The number of carbonyl (C=O) groups excluding carboxylic acids is 2. The maximum Gasteiger partial charge on any atom is 0.251 e. The van der Waals surface area contributed by atoms with Gasteiger partial charge in [-0.05, 0) is 36.4 Å². The Kier molecular flexibility index (Phi) is 7.15.